The number of rotatable bonds is 4. The van der Waals surface area contributed by atoms with Gasteiger partial charge in [-0.25, -0.2) is 4.79 Å². The van der Waals surface area contributed by atoms with Crippen LogP contribution in [0.25, 0.3) is 0 Å². The predicted octanol–water partition coefficient (Wildman–Crippen LogP) is 3.34. The normalized spacial score (nSPS) is 9.81. The summed E-state index contributed by atoms with van der Waals surface area (Å²) in [6.45, 7) is 3.48. The van der Waals surface area contributed by atoms with Gasteiger partial charge in [-0.2, -0.15) is 4.99 Å². The number of nitrogens with zero attached hydrogens (tertiary/aromatic N) is 1. The molecule has 104 valence electrons. The SMILES string of the molecule is Cc1ccccc1C(=O)C(=O)c1cccc(C)c1N=C=O. The van der Waals surface area contributed by atoms with Crippen LogP contribution in [0.3, 0.4) is 0 Å². The number of aryl methyl sites for hydroxylation is 2. The Hall–Kier alpha value is -2.84. The molecule has 0 aromatic heterocycles. The molecule has 0 saturated heterocycles. The van der Waals surface area contributed by atoms with E-state index in [9.17, 15) is 14.4 Å². The first-order chi connectivity index (χ1) is 10.1. The third-order valence-electron chi connectivity index (χ3n) is 3.24. The van der Waals surface area contributed by atoms with E-state index >= 15 is 0 Å². The van der Waals surface area contributed by atoms with Crippen molar-refractivity contribution in [3.8, 4) is 0 Å². The summed E-state index contributed by atoms with van der Waals surface area (Å²) in [6, 6.07) is 11.7. The summed E-state index contributed by atoms with van der Waals surface area (Å²) in [7, 11) is 0. The third-order valence-corrected chi connectivity index (χ3v) is 3.24. The summed E-state index contributed by atoms with van der Waals surface area (Å²) >= 11 is 0. The number of aliphatic imine (C=N–C) groups is 1. The fourth-order valence-electron chi connectivity index (χ4n) is 2.11. The van der Waals surface area contributed by atoms with Gasteiger partial charge in [-0.3, -0.25) is 9.59 Å². The van der Waals surface area contributed by atoms with Crippen LogP contribution in [0.2, 0.25) is 0 Å². The molecular weight excluding hydrogens is 266 g/mol. The average molecular weight is 279 g/mol. The Morgan fingerprint density at radius 1 is 0.857 bits per heavy atom. The van der Waals surface area contributed by atoms with E-state index in [-0.39, 0.29) is 11.3 Å². The molecule has 2 aromatic carbocycles. The van der Waals surface area contributed by atoms with Gasteiger partial charge in [-0.05, 0) is 31.0 Å². The topological polar surface area (TPSA) is 63.6 Å². The van der Waals surface area contributed by atoms with Gasteiger partial charge in [0.25, 0.3) is 0 Å². The molecule has 0 heterocycles. The van der Waals surface area contributed by atoms with Crippen molar-refractivity contribution in [3.63, 3.8) is 0 Å². The highest BCUT2D eigenvalue weighted by Crippen LogP contribution is 2.25. The molecule has 4 nitrogen and oxygen atoms in total. The molecular formula is C17H13NO3. The van der Waals surface area contributed by atoms with Crippen LogP contribution in [-0.4, -0.2) is 17.6 Å². The molecule has 0 unspecified atom stereocenters. The van der Waals surface area contributed by atoms with Gasteiger partial charge in [0.05, 0.1) is 11.3 Å². The van der Waals surface area contributed by atoms with E-state index in [4.69, 9.17) is 0 Å². The first-order valence-electron chi connectivity index (χ1n) is 6.38. The summed E-state index contributed by atoms with van der Waals surface area (Å²) in [5.41, 5.74) is 2.03. The molecule has 0 bridgehead atoms. The van der Waals surface area contributed by atoms with Crippen LogP contribution < -0.4 is 0 Å². The van der Waals surface area contributed by atoms with Crippen LogP contribution in [0.4, 0.5) is 5.69 Å². The molecule has 2 rings (SSSR count). The van der Waals surface area contributed by atoms with Crippen LogP contribution in [0, 0.1) is 13.8 Å². The van der Waals surface area contributed by atoms with E-state index in [0.29, 0.717) is 11.1 Å². The Kier molecular flexibility index (Phi) is 4.21. The zero-order valence-electron chi connectivity index (χ0n) is 11.7. The minimum atomic E-state index is -0.679. The van der Waals surface area contributed by atoms with Crippen LogP contribution in [0.1, 0.15) is 31.8 Å². The largest absolute Gasteiger partial charge is 0.285 e. The number of hydrogen-bond donors (Lipinski definition) is 0. The Morgan fingerprint density at radius 2 is 1.43 bits per heavy atom. The number of benzene rings is 2. The lowest BCUT2D eigenvalue weighted by Gasteiger charge is -2.07. The lowest BCUT2D eigenvalue weighted by molar-refractivity contribution is 0.0817. The number of isocyanates is 1. The van der Waals surface area contributed by atoms with Crippen LogP contribution in [0.15, 0.2) is 47.5 Å². The molecule has 0 fully saturated rings. The Balaban J connectivity index is 2.51. The van der Waals surface area contributed by atoms with E-state index in [0.717, 1.165) is 5.56 Å². The maximum absolute atomic E-state index is 12.4. The van der Waals surface area contributed by atoms with Crippen molar-refractivity contribution < 1.29 is 14.4 Å². The van der Waals surface area contributed by atoms with Crippen molar-refractivity contribution in [3.05, 3.63) is 64.7 Å². The molecule has 0 spiro atoms. The number of hydrogen-bond acceptors (Lipinski definition) is 4. The maximum atomic E-state index is 12.4. The monoisotopic (exact) mass is 279 g/mol. The van der Waals surface area contributed by atoms with Gasteiger partial charge >= 0.3 is 0 Å². The molecule has 0 amide bonds. The van der Waals surface area contributed by atoms with Gasteiger partial charge in [0.15, 0.2) is 0 Å². The number of carbonyl (C=O) groups excluding carboxylic acids is 3. The maximum Gasteiger partial charge on any atom is 0.240 e. The van der Waals surface area contributed by atoms with Gasteiger partial charge in [0.1, 0.15) is 0 Å². The number of carbonyl (C=O) groups is 2. The fraction of sp³-hybridized carbons (Fsp3) is 0.118. The number of Topliss-reactive ketones (excluding diaryl/α,β-unsaturated/α-hetero) is 2. The number of ketones is 2. The molecule has 0 atom stereocenters. The van der Waals surface area contributed by atoms with E-state index in [2.05, 4.69) is 4.99 Å². The molecule has 2 aromatic rings. The van der Waals surface area contributed by atoms with Crippen molar-refractivity contribution in [2.75, 3.05) is 0 Å². The molecule has 0 saturated carbocycles. The van der Waals surface area contributed by atoms with E-state index < -0.39 is 11.6 Å². The molecule has 0 radical (unpaired) electrons. The van der Waals surface area contributed by atoms with Crippen molar-refractivity contribution in [2.24, 2.45) is 4.99 Å². The highest BCUT2D eigenvalue weighted by atomic mass is 16.2. The lowest BCUT2D eigenvalue weighted by Crippen LogP contribution is -2.16. The first kappa shape index (κ1) is 14.6. The standard InChI is InChI=1S/C17H13NO3/c1-11-6-3-4-8-13(11)16(20)17(21)14-9-5-7-12(2)15(14)18-10-19/h3-9H,1-2H3. The predicted molar refractivity (Wildman–Crippen MR) is 78.8 cm³/mol. The van der Waals surface area contributed by atoms with Crippen molar-refractivity contribution in [1.82, 2.24) is 0 Å². The van der Waals surface area contributed by atoms with Crippen LogP contribution >= 0.6 is 0 Å². The highest BCUT2D eigenvalue weighted by Gasteiger charge is 2.23. The molecule has 0 aliphatic carbocycles. The van der Waals surface area contributed by atoms with Gasteiger partial charge in [-0.15, -0.1) is 0 Å². The van der Waals surface area contributed by atoms with Crippen LogP contribution in [-0.2, 0) is 4.79 Å². The highest BCUT2D eigenvalue weighted by molar-refractivity contribution is 6.50. The quantitative estimate of drug-likeness (QED) is 0.373. The van der Waals surface area contributed by atoms with Gasteiger partial charge in [0.2, 0.25) is 17.6 Å². The summed E-state index contributed by atoms with van der Waals surface area (Å²) in [6.07, 6.45) is 1.42. The Bertz CT molecular complexity index is 771. The van der Waals surface area contributed by atoms with E-state index in [1.165, 1.54) is 12.1 Å². The smallest absolute Gasteiger partial charge is 0.240 e. The van der Waals surface area contributed by atoms with Gasteiger partial charge in [-0.1, -0.05) is 36.4 Å². The second kappa shape index (κ2) is 6.07. The van der Waals surface area contributed by atoms with Gasteiger partial charge < -0.3 is 0 Å². The zero-order chi connectivity index (χ0) is 15.4. The van der Waals surface area contributed by atoms with E-state index in [1.807, 2.05) is 0 Å². The second-order valence-electron chi connectivity index (χ2n) is 4.65. The molecule has 4 heteroatoms. The van der Waals surface area contributed by atoms with Crippen LogP contribution in [0.5, 0.6) is 0 Å². The molecule has 0 aliphatic rings. The molecule has 0 N–H and O–H groups in total. The minimum Gasteiger partial charge on any atom is -0.285 e. The van der Waals surface area contributed by atoms with E-state index in [1.54, 1.807) is 50.2 Å². The third kappa shape index (κ3) is 2.86. The zero-order valence-corrected chi connectivity index (χ0v) is 11.7. The lowest BCUT2D eigenvalue weighted by atomic mass is 9.96. The molecule has 0 aliphatic heterocycles. The molecule has 21 heavy (non-hydrogen) atoms. The number of para-hydroxylation sites is 1. The summed E-state index contributed by atoms with van der Waals surface area (Å²) in [5.74, 6) is -1.29. The van der Waals surface area contributed by atoms with Crippen molar-refractivity contribution >= 4 is 23.3 Å². The summed E-state index contributed by atoms with van der Waals surface area (Å²) < 4.78 is 0. The van der Waals surface area contributed by atoms with Crippen molar-refractivity contribution in [2.45, 2.75) is 13.8 Å². The minimum absolute atomic E-state index is 0.117. The fourth-order valence-corrected chi connectivity index (χ4v) is 2.11. The second-order valence-corrected chi connectivity index (χ2v) is 4.65. The summed E-state index contributed by atoms with van der Waals surface area (Å²) in [5, 5.41) is 0. The first-order valence-corrected chi connectivity index (χ1v) is 6.38. The Labute approximate surface area is 122 Å². The average Bonchev–Trinajstić information content (AvgIpc) is 2.48. The Morgan fingerprint density at radius 3 is 2.10 bits per heavy atom. The van der Waals surface area contributed by atoms with Gasteiger partial charge in [0, 0.05) is 5.56 Å². The van der Waals surface area contributed by atoms with Crippen molar-refractivity contribution in [1.29, 1.82) is 0 Å². The summed E-state index contributed by atoms with van der Waals surface area (Å²) in [4.78, 5) is 38.8.